The number of rotatable bonds is 3. The molecule has 0 aromatic carbocycles. The molecule has 0 radical (unpaired) electrons. The number of hydrogen-bond donors (Lipinski definition) is 1. The highest BCUT2D eigenvalue weighted by atomic mass is 16.5. The standard InChI is InChI=1S/C8H13NO3/c1-5(8(9)11)4-6(2)12-7(3)10/h4,6H,1-3H3,(H2,9,11)/b5-4-. The molecule has 1 amide bonds. The first-order valence-electron chi connectivity index (χ1n) is 3.59. The Morgan fingerprint density at radius 2 is 1.92 bits per heavy atom. The third-order valence-corrected chi connectivity index (χ3v) is 1.23. The van der Waals surface area contributed by atoms with E-state index in [0.29, 0.717) is 5.57 Å². The van der Waals surface area contributed by atoms with Crippen molar-refractivity contribution in [3.63, 3.8) is 0 Å². The number of hydrogen-bond acceptors (Lipinski definition) is 3. The number of carbonyl (C=O) groups excluding carboxylic acids is 2. The number of esters is 1. The molecular weight excluding hydrogens is 158 g/mol. The summed E-state index contributed by atoms with van der Waals surface area (Å²) >= 11 is 0. The van der Waals surface area contributed by atoms with E-state index in [-0.39, 0.29) is 5.97 Å². The van der Waals surface area contributed by atoms with Gasteiger partial charge in [0.05, 0.1) is 0 Å². The van der Waals surface area contributed by atoms with Crippen LogP contribution in [0.2, 0.25) is 0 Å². The summed E-state index contributed by atoms with van der Waals surface area (Å²) in [5.74, 6) is -0.884. The molecule has 0 aliphatic heterocycles. The first-order chi connectivity index (χ1) is 5.43. The van der Waals surface area contributed by atoms with E-state index < -0.39 is 12.0 Å². The molecule has 0 bridgehead atoms. The highest BCUT2D eigenvalue weighted by Gasteiger charge is 2.04. The number of ether oxygens (including phenoxy) is 1. The van der Waals surface area contributed by atoms with Crippen LogP contribution in [0.1, 0.15) is 20.8 Å². The summed E-state index contributed by atoms with van der Waals surface area (Å²) in [6, 6.07) is 0. The van der Waals surface area contributed by atoms with Gasteiger partial charge >= 0.3 is 5.97 Å². The molecule has 68 valence electrons. The summed E-state index contributed by atoms with van der Waals surface area (Å²) in [5.41, 5.74) is 5.36. The van der Waals surface area contributed by atoms with Crippen LogP contribution >= 0.6 is 0 Å². The number of nitrogens with two attached hydrogens (primary N) is 1. The van der Waals surface area contributed by atoms with Crippen LogP contribution in [0.15, 0.2) is 11.6 Å². The van der Waals surface area contributed by atoms with Crippen LogP contribution in [-0.2, 0) is 14.3 Å². The fourth-order valence-corrected chi connectivity index (χ4v) is 0.730. The van der Waals surface area contributed by atoms with E-state index in [1.165, 1.54) is 13.0 Å². The number of amides is 1. The van der Waals surface area contributed by atoms with Crippen molar-refractivity contribution >= 4 is 11.9 Å². The van der Waals surface area contributed by atoms with Gasteiger partial charge in [0.1, 0.15) is 6.10 Å². The molecular formula is C8H13NO3. The van der Waals surface area contributed by atoms with Crippen LogP contribution in [0.25, 0.3) is 0 Å². The van der Waals surface area contributed by atoms with E-state index in [0.717, 1.165) is 0 Å². The van der Waals surface area contributed by atoms with Crippen molar-refractivity contribution in [2.24, 2.45) is 5.73 Å². The predicted octanol–water partition coefficient (Wildman–Crippen LogP) is 0.370. The normalized spacial score (nSPS) is 13.8. The van der Waals surface area contributed by atoms with Gasteiger partial charge in [0.2, 0.25) is 5.91 Å². The molecule has 4 nitrogen and oxygen atoms in total. The van der Waals surface area contributed by atoms with Gasteiger partial charge in [-0.3, -0.25) is 9.59 Å². The second-order valence-corrected chi connectivity index (χ2v) is 2.53. The van der Waals surface area contributed by atoms with Crippen LogP contribution in [-0.4, -0.2) is 18.0 Å². The number of carbonyl (C=O) groups is 2. The summed E-state index contributed by atoms with van der Waals surface area (Å²) in [7, 11) is 0. The van der Waals surface area contributed by atoms with Gasteiger partial charge in [-0.1, -0.05) is 0 Å². The van der Waals surface area contributed by atoms with Crippen LogP contribution < -0.4 is 5.73 Å². The van der Waals surface area contributed by atoms with Crippen molar-refractivity contribution in [2.75, 3.05) is 0 Å². The van der Waals surface area contributed by atoms with Crippen molar-refractivity contribution in [1.29, 1.82) is 0 Å². The zero-order valence-electron chi connectivity index (χ0n) is 7.46. The Hall–Kier alpha value is -1.32. The van der Waals surface area contributed by atoms with Crippen molar-refractivity contribution in [1.82, 2.24) is 0 Å². The average Bonchev–Trinajstić information content (AvgIpc) is 1.84. The van der Waals surface area contributed by atoms with Gasteiger partial charge in [-0.15, -0.1) is 0 Å². The van der Waals surface area contributed by atoms with Gasteiger partial charge in [0, 0.05) is 12.5 Å². The summed E-state index contributed by atoms with van der Waals surface area (Å²) in [6.45, 7) is 4.54. The molecule has 12 heavy (non-hydrogen) atoms. The molecule has 0 spiro atoms. The maximum atomic E-state index is 10.5. The van der Waals surface area contributed by atoms with Crippen molar-refractivity contribution in [2.45, 2.75) is 26.9 Å². The van der Waals surface area contributed by atoms with Crippen molar-refractivity contribution < 1.29 is 14.3 Å². The first kappa shape index (κ1) is 10.7. The molecule has 0 aliphatic rings. The van der Waals surface area contributed by atoms with Gasteiger partial charge in [-0.05, 0) is 19.9 Å². The van der Waals surface area contributed by atoms with Crippen molar-refractivity contribution in [3.05, 3.63) is 11.6 Å². The molecule has 0 fully saturated rings. The summed E-state index contributed by atoms with van der Waals surface area (Å²) < 4.78 is 4.75. The highest BCUT2D eigenvalue weighted by molar-refractivity contribution is 5.91. The Kier molecular flexibility index (Phi) is 4.04. The minimum absolute atomic E-state index is 0.379. The van der Waals surface area contributed by atoms with Crippen molar-refractivity contribution in [3.8, 4) is 0 Å². The summed E-state index contributed by atoms with van der Waals surface area (Å²) in [5, 5.41) is 0. The molecule has 1 unspecified atom stereocenters. The monoisotopic (exact) mass is 171 g/mol. The molecule has 4 heteroatoms. The van der Waals surface area contributed by atoms with Crippen LogP contribution in [0.4, 0.5) is 0 Å². The smallest absolute Gasteiger partial charge is 0.303 e. The average molecular weight is 171 g/mol. The SMILES string of the molecule is CC(=O)OC(C)/C=C(/C)C(N)=O. The van der Waals surface area contributed by atoms with E-state index in [2.05, 4.69) is 0 Å². The lowest BCUT2D eigenvalue weighted by atomic mass is 10.2. The van der Waals surface area contributed by atoms with E-state index in [1.807, 2.05) is 0 Å². The maximum Gasteiger partial charge on any atom is 0.303 e. The third-order valence-electron chi connectivity index (χ3n) is 1.23. The zero-order chi connectivity index (χ0) is 9.72. The second kappa shape index (κ2) is 4.54. The molecule has 0 heterocycles. The summed E-state index contributed by atoms with van der Waals surface area (Å²) in [6.07, 6.45) is 1.10. The minimum atomic E-state index is -0.506. The van der Waals surface area contributed by atoms with E-state index >= 15 is 0 Å². The third kappa shape index (κ3) is 4.49. The second-order valence-electron chi connectivity index (χ2n) is 2.53. The lowest BCUT2D eigenvalue weighted by Gasteiger charge is -2.06. The van der Waals surface area contributed by atoms with Gasteiger partial charge in [-0.25, -0.2) is 0 Å². The molecule has 0 saturated heterocycles. The summed E-state index contributed by atoms with van der Waals surface area (Å²) in [4.78, 5) is 21.0. The highest BCUT2D eigenvalue weighted by Crippen LogP contribution is 1.99. The Bertz CT molecular complexity index is 220. The minimum Gasteiger partial charge on any atom is -0.459 e. The first-order valence-corrected chi connectivity index (χ1v) is 3.59. The molecule has 0 aliphatic carbocycles. The number of primary amides is 1. The Labute approximate surface area is 71.4 Å². The molecule has 0 rings (SSSR count). The fourth-order valence-electron chi connectivity index (χ4n) is 0.730. The van der Waals surface area contributed by atoms with Gasteiger partial charge < -0.3 is 10.5 Å². The Morgan fingerprint density at radius 1 is 1.42 bits per heavy atom. The van der Waals surface area contributed by atoms with E-state index in [9.17, 15) is 9.59 Å². The lowest BCUT2D eigenvalue weighted by Crippen LogP contribution is -2.16. The molecule has 0 aromatic rings. The fraction of sp³-hybridized carbons (Fsp3) is 0.500. The Balaban J connectivity index is 4.14. The molecule has 1 atom stereocenters. The topological polar surface area (TPSA) is 69.4 Å². The molecule has 0 aromatic heterocycles. The molecule has 0 saturated carbocycles. The predicted molar refractivity (Wildman–Crippen MR) is 44.2 cm³/mol. The van der Waals surface area contributed by atoms with Crippen LogP contribution in [0, 0.1) is 0 Å². The van der Waals surface area contributed by atoms with E-state index in [4.69, 9.17) is 10.5 Å². The zero-order valence-corrected chi connectivity index (χ0v) is 7.46. The van der Waals surface area contributed by atoms with Gasteiger partial charge in [0.15, 0.2) is 0 Å². The maximum absolute atomic E-state index is 10.5. The lowest BCUT2D eigenvalue weighted by molar-refractivity contribution is -0.143. The Morgan fingerprint density at radius 3 is 2.25 bits per heavy atom. The molecule has 2 N–H and O–H groups in total. The largest absolute Gasteiger partial charge is 0.459 e. The van der Waals surface area contributed by atoms with E-state index in [1.54, 1.807) is 13.8 Å². The van der Waals surface area contributed by atoms with Gasteiger partial charge in [-0.2, -0.15) is 0 Å². The van der Waals surface area contributed by atoms with Crippen LogP contribution in [0.5, 0.6) is 0 Å². The quantitative estimate of drug-likeness (QED) is 0.492. The van der Waals surface area contributed by atoms with Crippen LogP contribution in [0.3, 0.4) is 0 Å². The van der Waals surface area contributed by atoms with Gasteiger partial charge in [0.25, 0.3) is 0 Å².